The number of nitrogen functional groups attached to an aromatic ring is 1. The minimum atomic E-state index is -5.23. The molecule has 8 N–H and O–H groups in total. The Bertz CT molecular complexity index is 2360. The number of Topliss-reactive ketones (excluding diaryl/α,β-unsaturated/α-hetero) is 1. The first-order valence-electron chi connectivity index (χ1n) is 15.7. The number of unbranched alkanes of at least 4 members (excludes halogenated alkanes) is 1. The van der Waals surface area contributed by atoms with Crippen LogP contribution in [0.4, 0.5) is 5.69 Å². The van der Waals surface area contributed by atoms with Gasteiger partial charge in [-0.05, 0) is 42.4 Å². The summed E-state index contributed by atoms with van der Waals surface area (Å²) in [6.45, 7) is 5.89. The average molecular weight is 775 g/mol. The molecule has 19 heteroatoms. The molecule has 2 atom stereocenters. The quantitative estimate of drug-likeness (QED) is 0.0342. The van der Waals surface area contributed by atoms with Crippen LogP contribution in [-0.4, -0.2) is 89.8 Å². The van der Waals surface area contributed by atoms with E-state index in [2.05, 4.69) is 11.9 Å². The van der Waals surface area contributed by atoms with Gasteiger partial charge in [0.1, 0.15) is 4.90 Å². The number of ketones is 1. The Morgan fingerprint density at radius 2 is 1.71 bits per heavy atom. The lowest BCUT2D eigenvalue weighted by Crippen LogP contribution is -2.54. The molecule has 0 saturated carbocycles. The van der Waals surface area contributed by atoms with Gasteiger partial charge < -0.3 is 21.3 Å². The first-order valence-corrected chi connectivity index (χ1v) is 19.6. The maximum atomic E-state index is 14.8. The third kappa shape index (κ3) is 7.07. The number of carbonyl (C=O) groups is 4. The van der Waals surface area contributed by atoms with E-state index >= 15 is 0 Å². The summed E-state index contributed by atoms with van der Waals surface area (Å²) in [5.41, 5.74) is 9.15. The third-order valence-electron chi connectivity index (χ3n) is 8.36. The Morgan fingerprint density at radius 1 is 1.04 bits per heavy atom. The SMILES string of the molecule is C=c1ccc2c(c1S(=O)(=O)O)Oc1c(ccc(N)c1S(=O)(=O)O)C=2c1c(C(=O)O)cccc1C(=O)C(NCCCC)N1C(=O)CC(SCCN)C1=O. The molecule has 2 amide bonds. The number of benzene rings is 3. The summed E-state index contributed by atoms with van der Waals surface area (Å²) in [5.74, 6) is -4.94. The number of nitrogens with two attached hydrogens (primary N) is 2. The van der Waals surface area contributed by atoms with Gasteiger partial charge in [0.25, 0.3) is 20.2 Å². The van der Waals surface area contributed by atoms with Crippen molar-refractivity contribution < 1.29 is 55.0 Å². The molecular formula is C33H34N4O12S3. The Morgan fingerprint density at radius 3 is 2.33 bits per heavy atom. The van der Waals surface area contributed by atoms with E-state index in [0.717, 1.165) is 34.9 Å². The lowest BCUT2D eigenvalue weighted by molar-refractivity contribution is -0.140. The van der Waals surface area contributed by atoms with E-state index in [-0.39, 0.29) is 46.6 Å². The van der Waals surface area contributed by atoms with Crippen LogP contribution in [0.1, 0.15) is 58.0 Å². The molecule has 16 nitrogen and oxygen atoms in total. The van der Waals surface area contributed by atoms with Gasteiger partial charge in [0.15, 0.2) is 22.6 Å². The van der Waals surface area contributed by atoms with E-state index in [1.807, 2.05) is 6.92 Å². The summed E-state index contributed by atoms with van der Waals surface area (Å²) in [6.07, 6.45) is -0.660. The predicted molar refractivity (Wildman–Crippen MR) is 190 cm³/mol. The topological polar surface area (TPSA) is 274 Å². The van der Waals surface area contributed by atoms with Crippen molar-refractivity contribution >= 4 is 73.4 Å². The molecule has 0 bridgehead atoms. The number of thioether (sulfide) groups is 1. The predicted octanol–water partition coefficient (Wildman–Crippen LogP) is 0.942. The van der Waals surface area contributed by atoms with Crippen molar-refractivity contribution in [3.8, 4) is 11.5 Å². The van der Waals surface area contributed by atoms with Crippen LogP contribution in [0.3, 0.4) is 0 Å². The number of rotatable bonds is 14. The number of hydrogen-bond acceptors (Lipinski definition) is 13. The second-order valence-corrected chi connectivity index (χ2v) is 15.8. The van der Waals surface area contributed by atoms with Gasteiger partial charge in [0.05, 0.1) is 16.5 Å². The van der Waals surface area contributed by atoms with Crippen molar-refractivity contribution in [2.45, 2.75) is 47.4 Å². The highest BCUT2D eigenvalue weighted by molar-refractivity contribution is 8.00. The molecule has 0 spiro atoms. The first-order chi connectivity index (χ1) is 24.4. The molecule has 2 heterocycles. The zero-order valence-corrected chi connectivity index (χ0v) is 29.9. The van der Waals surface area contributed by atoms with E-state index in [9.17, 15) is 50.2 Å². The van der Waals surface area contributed by atoms with E-state index < -0.39 is 93.3 Å². The summed E-state index contributed by atoms with van der Waals surface area (Å²) < 4.78 is 77.0. The number of imide groups is 1. The Labute approximate surface area is 302 Å². The number of carboxylic acids is 1. The second-order valence-electron chi connectivity index (χ2n) is 11.8. The van der Waals surface area contributed by atoms with Crippen molar-refractivity contribution in [1.82, 2.24) is 10.2 Å². The van der Waals surface area contributed by atoms with Crippen molar-refractivity contribution in [2.24, 2.45) is 5.73 Å². The van der Waals surface area contributed by atoms with Gasteiger partial charge in [-0.25, -0.2) is 4.79 Å². The lowest BCUT2D eigenvalue weighted by Gasteiger charge is -2.29. The maximum Gasteiger partial charge on any atom is 0.336 e. The van der Waals surface area contributed by atoms with Crippen molar-refractivity contribution in [3.63, 3.8) is 0 Å². The van der Waals surface area contributed by atoms with Gasteiger partial charge in [0, 0.05) is 46.2 Å². The number of likely N-dealkylation sites (tertiary alicyclic amines) is 1. The Balaban J connectivity index is 1.90. The smallest absolute Gasteiger partial charge is 0.336 e. The fraction of sp³-hybridized carbons (Fsp3) is 0.273. The van der Waals surface area contributed by atoms with Gasteiger partial charge in [-0.1, -0.05) is 38.1 Å². The molecule has 2 unspecified atom stereocenters. The molecule has 2 aliphatic heterocycles. The van der Waals surface area contributed by atoms with E-state index in [4.69, 9.17) is 16.2 Å². The molecule has 5 rings (SSSR count). The van der Waals surface area contributed by atoms with Gasteiger partial charge in [-0.2, -0.15) is 16.8 Å². The molecule has 3 aromatic rings. The lowest BCUT2D eigenvalue weighted by atomic mass is 9.84. The number of ether oxygens (including phenoxy) is 1. The molecule has 2 aliphatic rings. The molecular weight excluding hydrogens is 741 g/mol. The summed E-state index contributed by atoms with van der Waals surface area (Å²) >= 11 is 1.15. The molecule has 1 saturated heterocycles. The first kappa shape index (κ1) is 38.6. The number of carboxylic acid groups (broad SMARTS) is 1. The maximum absolute atomic E-state index is 14.8. The Kier molecular flexibility index (Phi) is 11.0. The van der Waals surface area contributed by atoms with E-state index in [1.165, 1.54) is 24.3 Å². The van der Waals surface area contributed by atoms with Gasteiger partial charge >= 0.3 is 5.97 Å². The number of fused-ring (bicyclic) bond motifs is 2. The van der Waals surface area contributed by atoms with E-state index in [1.54, 1.807) is 0 Å². The molecule has 276 valence electrons. The molecule has 1 fully saturated rings. The molecule has 3 aromatic carbocycles. The number of nitrogens with zero attached hydrogens (tertiary/aromatic N) is 1. The van der Waals surface area contributed by atoms with Gasteiger partial charge in [0.2, 0.25) is 17.6 Å². The largest absolute Gasteiger partial charge is 0.478 e. The highest BCUT2D eigenvalue weighted by atomic mass is 32.2. The van der Waals surface area contributed by atoms with E-state index in [0.29, 0.717) is 18.6 Å². The fourth-order valence-corrected chi connectivity index (χ4v) is 8.62. The van der Waals surface area contributed by atoms with Crippen LogP contribution in [0.5, 0.6) is 11.5 Å². The molecule has 0 aliphatic carbocycles. The minimum Gasteiger partial charge on any atom is -0.478 e. The summed E-state index contributed by atoms with van der Waals surface area (Å²) in [7, 11) is -10.4. The van der Waals surface area contributed by atoms with Crippen molar-refractivity contribution in [2.75, 3.05) is 24.6 Å². The third-order valence-corrected chi connectivity index (χ3v) is 11.5. The van der Waals surface area contributed by atoms with Crippen LogP contribution in [0.2, 0.25) is 0 Å². The zero-order chi connectivity index (χ0) is 38.3. The summed E-state index contributed by atoms with van der Waals surface area (Å²) in [4.78, 5) is 53.5. The van der Waals surface area contributed by atoms with Gasteiger partial charge in [-0.3, -0.25) is 33.7 Å². The average Bonchev–Trinajstić information content (AvgIpc) is 3.34. The molecule has 52 heavy (non-hydrogen) atoms. The summed E-state index contributed by atoms with van der Waals surface area (Å²) in [5, 5.41) is 12.1. The van der Waals surface area contributed by atoms with Crippen LogP contribution >= 0.6 is 11.8 Å². The number of amides is 2. The second kappa shape index (κ2) is 14.8. The number of carbonyl (C=O) groups excluding carboxylic acids is 3. The van der Waals surface area contributed by atoms with Crippen LogP contribution < -0.4 is 32.0 Å². The van der Waals surface area contributed by atoms with Crippen molar-refractivity contribution in [1.29, 1.82) is 0 Å². The van der Waals surface area contributed by atoms with Crippen LogP contribution in [0.15, 0.2) is 52.3 Å². The van der Waals surface area contributed by atoms with Crippen LogP contribution in [0, 0.1) is 0 Å². The van der Waals surface area contributed by atoms with Gasteiger partial charge in [-0.15, -0.1) is 11.8 Å². The number of aromatic carboxylic acids is 1. The fourth-order valence-electron chi connectivity index (χ4n) is 6.15. The van der Waals surface area contributed by atoms with Crippen LogP contribution in [-0.2, 0) is 29.8 Å². The van der Waals surface area contributed by atoms with Crippen molar-refractivity contribution in [3.05, 3.63) is 75.2 Å². The zero-order valence-electron chi connectivity index (χ0n) is 27.5. The molecule has 0 radical (unpaired) electrons. The molecule has 0 aromatic heterocycles. The highest BCUT2D eigenvalue weighted by Crippen LogP contribution is 2.45. The minimum absolute atomic E-state index is 0.162. The Hall–Kier alpha value is -4.63. The van der Waals surface area contributed by atoms with Crippen LogP contribution in [0.25, 0.3) is 12.2 Å². The highest BCUT2D eigenvalue weighted by Gasteiger charge is 2.46. The number of hydrogen-bond donors (Lipinski definition) is 6. The standard InChI is InChI=1S/C33H34N4O12S3/c1-3-4-13-36-31(37-23(38)15-22(32(37)40)50-14-12-34)26(39)17-6-5-7-20(33(41)42)24(17)25-18-9-8-16(2)29(51(43,44)45)27(18)49-28-19(25)10-11-21(35)30(28)52(46,47)48/h5-11,22,31,36H,2-4,12-15,34-35H2,1H3,(H,41,42)(H,43,44,45)(H,46,47,48). The number of anilines is 1. The monoisotopic (exact) mass is 774 g/mol. The summed E-state index contributed by atoms with van der Waals surface area (Å²) in [6, 6.07) is 8.29. The normalized spacial score (nSPS) is 16.3. The number of nitrogens with one attached hydrogen (secondary N) is 1.